The molecule has 0 aromatic heterocycles. The Morgan fingerprint density at radius 2 is 2.06 bits per heavy atom. The smallest absolute Gasteiger partial charge is 0.0317 e. The second-order valence-corrected chi connectivity index (χ2v) is 5.56. The van der Waals surface area contributed by atoms with Crippen molar-refractivity contribution in [2.45, 2.75) is 45.7 Å². The summed E-state index contributed by atoms with van der Waals surface area (Å²) in [7, 11) is 0. The summed E-state index contributed by atoms with van der Waals surface area (Å²) >= 11 is 0. The third kappa shape index (κ3) is 4.18. The van der Waals surface area contributed by atoms with Crippen LogP contribution in [0, 0.1) is 5.92 Å². The Balaban J connectivity index is 0.00000162. The lowest BCUT2D eigenvalue weighted by atomic mass is 10.1. The molecule has 1 fully saturated rings. The number of nitrogens with zero attached hydrogens (tertiary/aromatic N) is 1. The molecule has 2 nitrogen and oxygen atoms in total. The van der Waals surface area contributed by atoms with Crippen molar-refractivity contribution in [1.82, 2.24) is 4.90 Å². The van der Waals surface area contributed by atoms with E-state index in [4.69, 9.17) is 5.73 Å². The molecule has 0 spiro atoms. The first-order valence-electron chi connectivity index (χ1n) is 6.73. The van der Waals surface area contributed by atoms with Crippen molar-refractivity contribution < 1.29 is 0 Å². The van der Waals surface area contributed by atoms with Crippen molar-refractivity contribution in [3.05, 3.63) is 29.8 Å². The zero-order chi connectivity index (χ0) is 12.3. The molecule has 0 saturated carbocycles. The van der Waals surface area contributed by atoms with E-state index in [-0.39, 0.29) is 12.4 Å². The first-order chi connectivity index (χ1) is 8.15. The molecule has 0 radical (unpaired) electrons. The van der Waals surface area contributed by atoms with E-state index in [2.05, 4.69) is 36.9 Å². The quantitative estimate of drug-likeness (QED) is 0.829. The van der Waals surface area contributed by atoms with Crippen molar-refractivity contribution >= 4 is 18.1 Å². The number of anilines is 1. The van der Waals surface area contributed by atoms with Gasteiger partial charge in [0.25, 0.3) is 0 Å². The van der Waals surface area contributed by atoms with Crippen LogP contribution in [0.3, 0.4) is 0 Å². The molecule has 1 aliphatic rings. The molecule has 102 valence electrons. The Kier molecular flexibility index (Phi) is 5.97. The van der Waals surface area contributed by atoms with Crippen LogP contribution in [-0.2, 0) is 6.54 Å². The van der Waals surface area contributed by atoms with E-state index < -0.39 is 0 Å². The highest BCUT2D eigenvalue weighted by Crippen LogP contribution is 2.22. The maximum absolute atomic E-state index is 5.84. The van der Waals surface area contributed by atoms with Gasteiger partial charge in [0.2, 0.25) is 0 Å². The summed E-state index contributed by atoms with van der Waals surface area (Å²) in [5.41, 5.74) is 8.05. The largest absolute Gasteiger partial charge is 0.399 e. The summed E-state index contributed by atoms with van der Waals surface area (Å²) in [4.78, 5) is 2.60. The normalized spacial score (nSPS) is 25.2. The Labute approximate surface area is 117 Å². The third-order valence-corrected chi connectivity index (χ3v) is 3.83. The number of nitrogen functional groups attached to an aromatic ring is 1. The molecule has 3 heteroatoms. The molecular formula is C15H25ClN2. The van der Waals surface area contributed by atoms with Crippen LogP contribution < -0.4 is 5.73 Å². The molecule has 1 heterocycles. The SMILES string of the molecule is CC1CCCC(C)N(Cc2cccc(N)c2)C1.Cl. The highest BCUT2D eigenvalue weighted by atomic mass is 35.5. The van der Waals surface area contributed by atoms with Crippen LogP contribution in [0.2, 0.25) is 0 Å². The van der Waals surface area contributed by atoms with E-state index in [1.165, 1.54) is 31.4 Å². The van der Waals surface area contributed by atoms with E-state index in [0.29, 0.717) is 6.04 Å². The van der Waals surface area contributed by atoms with Gasteiger partial charge in [-0.05, 0) is 43.4 Å². The molecule has 2 atom stereocenters. The van der Waals surface area contributed by atoms with Gasteiger partial charge < -0.3 is 5.73 Å². The molecule has 2 N–H and O–H groups in total. The lowest BCUT2D eigenvalue weighted by Gasteiger charge is -2.28. The van der Waals surface area contributed by atoms with Crippen molar-refractivity contribution in [2.75, 3.05) is 12.3 Å². The summed E-state index contributed by atoms with van der Waals surface area (Å²) in [5.74, 6) is 0.820. The second-order valence-electron chi connectivity index (χ2n) is 5.56. The highest BCUT2D eigenvalue weighted by molar-refractivity contribution is 5.85. The minimum absolute atomic E-state index is 0. The Morgan fingerprint density at radius 1 is 1.28 bits per heavy atom. The zero-order valence-corrected chi connectivity index (χ0v) is 12.2. The van der Waals surface area contributed by atoms with Gasteiger partial charge in [0.15, 0.2) is 0 Å². The van der Waals surface area contributed by atoms with Crippen molar-refractivity contribution in [3.63, 3.8) is 0 Å². The Hall–Kier alpha value is -0.730. The molecule has 1 aromatic carbocycles. The van der Waals surface area contributed by atoms with E-state index in [1.807, 2.05) is 6.07 Å². The fourth-order valence-corrected chi connectivity index (χ4v) is 2.76. The van der Waals surface area contributed by atoms with Gasteiger partial charge in [0.1, 0.15) is 0 Å². The molecule has 18 heavy (non-hydrogen) atoms. The van der Waals surface area contributed by atoms with Gasteiger partial charge in [-0.1, -0.05) is 25.5 Å². The molecule has 1 saturated heterocycles. The average Bonchev–Trinajstić information content (AvgIpc) is 2.41. The standard InChI is InChI=1S/C15H24N2.ClH/c1-12-5-3-6-13(2)17(10-12)11-14-7-4-8-15(16)9-14;/h4,7-9,12-13H,3,5-6,10-11,16H2,1-2H3;1H. The molecule has 2 rings (SSSR count). The maximum atomic E-state index is 5.84. The van der Waals surface area contributed by atoms with Crippen LogP contribution in [0.25, 0.3) is 0 Å². The highest BCUT2D eigenvalue weighted by Gasteiger charge is 2.20. The predicted molar refractivity (Wildman–Crippen MR) is 81.0 cm³/mol. The number of nitrogens with two attached hydrogens (primary N) is 1. The predicted octanol–water partition coefficient (Wildman–Crippen LogP) is 3.70. The first kappa shape index (κ1) is 15.3. The molecule has 2 unspecified atom stereocenters. The fourth-order valence-electron chi connectivity index (χ4n) is 2.76. The molecule has 0 aliphatic carbocycles. The van der Waals surface area contributed by atoms with Gasteiger partial charge in [-0.15, -0.1) is 12.4 Å². The molecule has 1 aliphatic heterocycles. The van der Waals surface area contributed by atoms with Crippen LogP contribution >= 0.6 is 12.4 Å². The van der Waals surface area contributed by atoms with E-state index in [0.717, 1.165) is 18.2 Å². The number of likely N-dealkylation sites (tertiary alicyclic amines) is 1. The number of hydrogen-bond acceptors (Lipinski definition) is 2. The second kappa shape index (κ2) is 7.01. The fraction of sp³-hybridized carbons (Fsp3) is 0.600. The lowest BCUT2D eigenvalue weighted by Crippen LogP contribution is -2.33. The van der Waals surface area contributed by atoms with Crippen molar-refractivity contribution in [3.8, 4) is 0 Å². The van der Waals surface area contributed by atoms with Gasteiger partial charge in [-0.2, -0.15) is 0 Å². The first-order valence-corrected chi connectivity index (χ1v) is 6.73. The lowest BCUT2D eigenvalue weighted by molar-refractivity contribution is 0.186. The van der Waals surface area contributed by atoms with Gasteiger partial charge in [0, 0.05) is 24.8 Å². The maximum Gasteiger partial charge on any atom is 0.0317 e. The third-order valence-electron chi connectivity index (χ3n) is 3.83. The van der Waals surface area contributed by atoms with Gasteiger partial charge >= 0.3 is 0 Å². The van der Waals surface area contributed by atoms with Crippen LogP contribution in [0.1, 0.15) is 38.7 Å². The minimum Gasteiger partial charge on any atom is -0.399 e. The average molecular weight is 269 g/mol. The van der Waals surface area contributed by atoms with Crippen LogP contribution in [0.4, 0.5) is 5.69 Å². The number of benzene rings is 1. The van der Waals surface area contributed by atoms with E-state index >= 15 is 0 Å². The van der Waals surface area contributed by atoms with Crippen molar-refractivity contribution in [2.24, 2.45) is 5.92 Å². The van der Waals surface area contributed by atoms with Crippen LogP contribution in [0.5, 0.6) is 0 Å². The van der Waals surface area contributed by atoms with Crippen molar-refractivity contribution in [1.29, 1.82) is 0 Å². The van der Waals surface area contributed by atoms with E-state index in [1.54, 1.807) is 0 Å². The summed E-state index contributed by atoms with van der Waals surface area (Å²) < 4.78 is 0. The zero-order valence-electron chi connectivity index (χ0n) is 11.4. The summed E-state index contributed by atoms with van der Waals surface area (Å²) in [6, 6.07) is 8.98. The summed E-state index contributed by atoms with van der Waals surface area (Å²) in [6.07, 6.45) is 4.07. The Morgan fingerprint density at radius 3 is 2.78 bits per heavy atom. The van der Waals surface area contributed by atoms with Gasteiger partial charge in [-0.3, -0.25) is 4.90 Å². The van der Waals surface area contributed by atoms with Gasteiger partial charge in [0.05, 0.1) is 0 Å². The number of halogens is 1. The monoisotopic (exact) mass is 268 g/mol. The summed E-state index contributed by atoms with van der Waals surface area (Å²) in [5, 5.41) is 0. The molecule has 0 amide bonds. The summed E-state index contributed by atoms with van der Waals surface area (Å²) in [6.45, 7) is 6.97. The number of hydrogen-bond donors (Lipinski definition) is 1. The Bertz CT molecular complexity index is 367. The minimum atomic E-state index is 0. The molecule has 0 bridgehead atoms. The number of rotatable bonds is 2. The van der Waals surface area contributed by atoms with E-state index in [9.17, 15) is 0 Å². The van der Waals surface area contributed by atoms with Crippen LogP contribution in [-0.4, -0.2) is 17.5 Å². The van der Waals surface area contributed by atoms with Gasteiger partial charge in [-0.25, -0.2) is 0 Å². The molecule has 1 aromatic rings. The topological polar surface area (TPSA) is 29.3 Å². The molecular weight excluding hydrogens is 244 g/mol. The van der Waals surface area contributed by atoms with Crippen LogP contribution in [0.15, 0.2) is 24.3 Å².